The first-order valence-corrected chi connectivity index (χ1v) is 5.51. The van der Waals surface area contributed by atoms with Crippen LogP contribution < -0.4 is 4.90 Å². The normalized spacial score (nSPS) is 16.1. The summed E-state index contributed by atoms with van der Waals surface area (Å²) in [7, 11) is 0. The van der Waals surface area contributed by atoms with Gasteiger partial charge in [0, 0.05) is 24.3 Å². The number of tetrazole rings is 1. The average molecular weight is 230 g/mol. The van der Waals surface area contributed by atoms with E-state index in [1.807, 2.05) is 12.1 Å². The first-order valence-electron chi connectivity index (χ1n) is 5.51. The second kappa shape index (κ2) is 4.50. The molecule has 0 saturated carbocycles. The maximum atomic E-state index is 5.33. The number of morpholine rings is 1. The number of hydrogen-bond donors (Lipinski definition) is 1. The number of H-pyrrole nitrogens is 1. The van der Waals surface area contributed by atoms with E-state index in [0.717, 1.165) is 37.6 Å². The molecule has 0 aliphatic carbocycles. The van der Waals surface area contributed by atoms with Gasteiger partial charge in [0.25, 0.3) is 0 Å². The van der Waals surface area contributed by atoms with E-state index >= 15 is 0 Å². The van der Waals surface area contributed by atoms with Gasteiger partial charge in [0.15, 0.2) is 5.82 Å². The summed E-state index contributed by atoms with van der Waals surface area (Å²) < 4.78 is 5.33. The van der Waals surface area contributed by atoms with E-state index in [1.54, 1.807) is 0 Å². The predicted octanol–water partition coefficient (Wildman–Crippen LogP) is 0.503. The number of hydrogen-bond acceptors (Lipinski definition) is 5. The minimum absolute atomic E-state index is 0.663. The maximum Gasteiger partial charge on any atom is 0.179 e. The maximum absolute atomic E-state index is 5.33. The molecule has 1 radical (unpaired) electrons. The number of nitrogens with one attached hydrogen (secondary N) is 1. The topological polar surface area (TPSA) is 66.9 Å². The highest BCUT2D eigenvalue weighted by Gasteiger charge is 2.12. The Hall–Kier alpha value is -1.95. The van der Waals surface area contributed by atoms with Crippen LogP contribution in [0.25, 0.3) is 11.4 Å². The van der Waals surface area contributed by atoms with E-state index in [9.17, 15) is 0 Å². The highest BCUT2D eigenvalue weighted by molar-refractivity contribution is 5.62. The van der Waals surface area contributed by atoms with Gasteiger partial charge in [0.2, 0.25) is 0 Å². The standard InChI is InChI=1S/C11H12N5O/c1-2-9(11-12-14-15-13-11)8-10(3-1)16-4-6-17-7-5-16/h2-3,8H,4-7H2,(H,12,13,14,15). The van der Waals surface area contributed by atoms with Crippen LogP contribution in [0.2, 0.25) is 0 Å². The lowest BCUT2D eigenvalue weighted by atomic mass is 10.1. The van der Waals surface area contributed by atoms with Gasteiger partial charge in [-0.25, -0.2) is 5.10 Å². The number of anilines is 1. The Kier molecular flexibility index (Phi) is 2.71. The zero-order chi connectivity index (χ0) is 11.5. The van der Waals surface area contributed by atoms with Crippen LogP contribution in [0.1, 0.15) is 0 Å². The van der Waals surface area contributed by atoms with Crippen LogP contribution >= 0.6 is 0 Å². The number of benzene rings is 1. The summed E-state index contributed by atoms with van der Waals surface area (Å²) in [5, 5.41) is 13.8. The fourth-order valence-electron chi connectivity index (χ4n) is 1.88. The molecule has 1 aliphatic heterocycles. The molecule has 2 heterocycles. The van der Waals surface area contributed by atoms with Crippen LogP contribution in [0.5, 0.6) is 0 Å². The van der Waals surface area contributed by atoms with Crippen molar-refractivity contribution >= 4 is 5.69 Å². The second-order valence-corrected chi connectivity index (χ2v) is 3.83. The number of ether oxygens (including phenoxy) is 1. The Morgan fingerprint density at radius 3 is 2.94 bits per heavy atom. The summed E-state index contributed by atoms with van der Waals surface area (Å²) in [5.41, 5.74) is 2.07. The first-order chi connectivity index (χ1) is 8.43. The molecule has 1 aliphatic rings. The van der Waals surface area contributed by atoms with Crippen molar-refractivity contribution in [1.29, 1.82) is 0 Å². The second-order valence-electron chi connectivity index (χ2n) is 3.83. The van der Waals surface area contributed by atoms with E-state index in [-0.39, 0.29) is 0 Å². The van der Waals surface area contributed by atoms with Crippen molar-refractivity contribution in [2.75, 3.05) is 31.2 Å². The summed E-state index contributed by atoms with van der Waals surface area (Å²) in [5.74, 6) is 0.663. The molecule has 17 heavy (non-hydrogen) atoms. The Morgan fingerprint density at radius 2 is 2.18 bits per heavy atom. The lowest BCUT2D eigenvalue weighted by molar-refractivity contribution is 0.122. The van der Waals surface area contributed by atoms with E-state index in [4.69, 9.17) is 4.74 Å². The Morgan fingerprint density at radius 1 is 1.29 bits per heavy atom. The number of aromatic amines is 1. The largest absolute Gasteiger partial charge is 0.378 e. The molecule has 6 nitrogen and oxygen atoms in total. The average Bonchev–Trinajstić information content (AvgIpc) is 2.94. The van der Waals surface area contributed by atoms with Crippen LogP contribution in [0, 0.1) is 6.07 Å². The third-order valence-electron chi connectivity index (χ3n) is 2.77. The van der Waals surface area contributed by atoms with Crippen molar-refractivity contribution in [2.24, 2.45) is 0 Å². The van der Waals surface area contributed by atoms with Crippen molar-refractivity contribution in [3.63, 3.8) is 0 Å². The van der Waals surface area contributed by atoms with Crippen LogP contribution in [0.3, 0.4) is 0 Å². The molecule has 6 heteroatoms. The van der Waals surface area contributed by atoms with E-state index in [2.05, 4.69) is 37.7 Å². The van der Waals surface area contributed by atoms with Crippen LogP contribution in [0.15, 0.2) is 18.2 Å². The van der Waals surface area contributed by atoms with Gasteiger partial charge in [-0.2, -0.15) is 0 Å². The molecule has 1 aromatic carbocycles. The molecule has 0 amide bonds. The summed E-state index contributed by atoms with van der Waals surface area (Å²) in [4.78, 5) is 2.27. The zero-order valence-electron chi connectivity index (χ0n) is 9.26. The van der Waals surface area contributed by atoms with Crippen LogP contribution in [0.4, 0.5) is 5.69 Å². The van der Waals surface area contributed by atoms with Gasteiger partial charge in [-0.05, 0) is 34.7 Å². The molecular formula is C11H12N5O. The quantitative estimate of drug-likeness (QED) is 0.814. The van der Waals surface area contributed by atoms with Crippen LogP contribution in [-0.4, -0.2) is 46.9 Å². The lowest BCUT2D eigenvalue weighted by Gasteiger charge is -2.28. The third-order valence-corrected chi connectivity index (χ3v) is 2.77. The Bertz CT molecular complexity index is 478. The van der Waals surface area contributed by atoms with Gasteiger partial charge >= 0.3 is 0 Å². The van der Waals surface area contributed by atoms with Crippen molar-refractivity contribution in [3.8, 4) is 11.4 Å². The number of nitrogens with zero attached hydrogens (tertiary/aromatic N) is 4. The van der Waals surface area contributed by atoms with Crippen molar-refractivity contribution in [2.45, 2.75) is 0 Å². The number of aromatic nitrogens is 4. The van der Waals surface area contributed by atoms with Gasteiger partial charge in [0.05, 0.1) is 13.2 Å². The molecule has 3 rings (SSSR count). The van der Waals surface area contributed by atoms with Crippen molar-refractivity contribution in [3.05, 3.63) is 24.3 Å². The molecule has 1 N–H and O–H groups in total. The Balaban J connectivity index is 1.88. The highest BCUT2D eigenvalue weighted by atomic mass is 16.5. The predicted molar refractivity (Wildman–Crippen MR) is 61.5 cm³/mol. The fraction of sp³-hybridized carbons (Fsp3) is 0.364. The van der Waals surface area contributed by atoms with E-state index in [1.165, 1.54) is 0 Å². The zero-order valence-corrected chi connectivity index (χ0v) is 9.26. The third kappa shape index (κ3) is 2.12. The lowest BCUT2D eigenvalue weighted by Crippen LogP contribution is -2.36. The minimum Gasteiger partial charge on any atom is -0.378 e. The molecule has 1 fully saturated rings. The van der Waals surface area contributed by atoms with Gasteiger partial charge < -0.3 is 9.64 Å². The SMILES string of the molecule is [c]1cc(-c2nnn[nH]2)cc(N2CCOCC2)c1. The molecule has 1 saturated heterocycles. The summed E-state index contributed by atoms with van der Waals surface area (Å²) in [6.07, 6.45) is 0. The summed E-state index contributed by atoms with van der Waals surface area (Å²) in [6.45, 7) is 3.36. The Labute approximate surface area is 98.6 Å². The molecule has 0 atom stereocenters. The molecular weight excluding hydrogens is 218 g/mol. The number of rotatable bonds is 2. The summed E-state index contributed by atoms with van der Waals surface area (Å²) >= 11 is 0. The van der Waals surface area contributed by atoms with Gasteiger partial charge in [-0.1, -0.05) is 0 Å². The molecule has 0 spiro atoms. The molecule has 2 aromatic rings. The van der Waals surface area contributed by atoms with Crippen molar-refractivity contribution < 1.29 is 4.74 Å². The van der Waals surface area contributed by atoms with Crippen LogP contribution in [-0.2, 0) is 4.74 Å². The van der Waals surface area contributed by atoms with Gasteiger partial charge in [0.1, 0.15) is 0 Å². The summed E-state index contributed by atoms with van der Waals surface area (Å²) in [6, 6.07) is 9.01. The smallest absolute Gasteiger partial charge is 0.179 e. The fourth-order valence-corrected chi connectivity index (χ4v) is 1.88. The molecule has 0 bridgehead atoms. The highest BCUT2D eigenvalue weighted by Crippen LogP contribution is 2.21. The van der Waals surface area contributed by atoms with E-state index < -0.39 is 0 Å². The van der Waals surface area contributed by atoms with Crippen molar-refractivity contribution in [1.82, 2.24) is 20.6 Å². The molecule has 0 unspecified atom stereocenters. The molecule has 87 valence electrons. The minimum atomic E-state index is 0.663. The van der Waals surface area contributed by atoms with Gasteiger partial charge in [-0.15, -0.1) is 5.10 Å². The van der Waals surface area contributed by atoms with E-state index in [0.29, 0.717) is 5.82 Å². The van der Waals surface area contributed by atoms with Gasteiger partial charge in [-0.3, -0.25) is 0 Å². The monoisotopic (exact) mass is 230 g/mol. The first kappa shape index (κ1) is 10.2. The molecule has 1 aromatic heterocycles.